The maximum atomic E-state index is 10.8. The van der Waals surface area contributed by atoms with Crippen LogP contribution in [0.4, 0.5) is 0 Å². The molecule has 0 saturated carbocycles. The van der Waals surface area contributed by atoms with Gasteiger partial charge in [-0.3, -0.25) is 0 Å². The molecule has 1 N–H and O–H groups in total. The minimum atomic E-state index is -0.987. The molecule has 5 nitrogen and oxygen atoms in total. The van der Waals surface area contributed by atoms with Crippen LogP contribution in [0.2, 0.25) is 0 Å². The van der Waals surface area contributed by atoms with Gasteiger partial charge in [-0.1, -0.05) is 0 Å². The van der Waals surface area contributed by atoms with E-state index in [1.54, 1.807) is 18.5 Å². The molecule has 5 heteroatoms. The Kier molecular flexibility index (Phi) is 3.00. The van der Waals surface area contributed by atoms with Crippen LogP contribution in [0.25, 0.3) is 11.1 Å². The van der Waals surface area contributed by atoms with E-state index < -0.39 is 5.97 Å². The van der Waals surface area contributed by atoms with E-state index >= 15 is 0 Å². The standard InChI is InChI=1S/C12H10N2O3/c1-17-11-4-8(12(15)16)2-3-10(11)9-5-13-7-14-6-9/h2-7H,1H3,(H,15,16). The van der Waals surface area contributed by atoms with Gasteiger partial charge in [-0.2, -0.15) is 0 Å². The van der Waals surface area contributed by atoms with E-state index in [9.17, 15) is 4.79 Å². The topological polar surface area (TPSA) is 72.3 Å². The van der Waals surface area contributed by atoms with Crippen LogP contribution in [0.1, 0.15) is 10.4 Å². The summed E-state index contributed by atoms with van der Waals surface area (Å²) in [5.41, 5.74) is 1.72. The summed E-state index contributed by atoms with van der Waals surface area (Å²) >= 11 is 0. The minimum absolute atomic E-state index is 0.183. The molecule has 0 fully saturated rings. The molecule has 2 rings (SSSR count). The number of hydrogen-bond acceptors (Lipinski definition) is 4. The molecule has 0 aliphatic carbocycles. The molecule has 0 unspecified atom stereocenters. The second kappa shape index (κ2) is 4.61. The van der Waals surface area contributed by atoms with E-state index in [0.29, 0.717) is 5.75 Å². The number of hydrogen-bond donors (Lipinski definition) is 1. The fourth-order valence-electron chi connectivity index (χ4n) is 1.50. The number of methoxy groups -OCH3 is 1. The number of carboxylic acid groups (broad SMARTS) is 1. The third-order valence-electron chi connectivity index (χ3n) is 2.32. The van der Waals surface area contributed by atoms with Gasteiger partial charge in [0.25, 0.3) is 0 Å². The molecule has 0 atom stereocenters. The molecule has 0 aliphatic heterocycles. The molecule has 0 radical (unpaired) electrons. The number of carbonyl (C=O) groups is 1. The zero-order valence-electron chi connectivity index (χ0n) is 9.12. The van der Waals surface area contributed by atoms with Gasteiger partial charge in [0.2, 0.25) is 0 Å². The lowest BCUT2D eigenvalue weighted by atomic mass is 10.1. The predicted octanol–water partition coefficient (Wildman–Crippen LogP) is 1.85. The molecule has 1 aromatic heterocycles. The normalized spacial score (nSPS) is 9.94. The molecule has 0 spiro atoms. The van der Waals surface area contributed by atoms with Crippen LogP contribution in [-0.4, -0.2) is 28.2 Å². The predicted molar refractivity (Wildman–Crippen MR) is 61.0 cm³/mol. The molecule has 0 saturated heterocycles. The summed E-state index contributed by atoms with van der Waals surface area (Å²) in [6, 6.07) is 4.68. The van der Waals surface area contributed by atoms with Crippen molar-refractivity contribution in [3.63, 3.8) is 0 Å². The zero-order chi connectivity index (χ0) is 12.3. The summed E-state index contributed by atoms with van der Waals surface area (Å²) in [7, 11) is 1.49. The van der Waals surface area contributed by atoms with Gasteiger partial charge in [0.1, 0.15) is 12.1 Å². The lowest BCUT2D eigenvalue weighted by Gasteiger charge is -2.08. The Morgan fingerprint density at radius 2 is 2.00 bits per heavy atom. The molecule has 86 valence electrons. The van der Waals surface area contributed by atoms with Crippen molar-refractivity contribution in [3.8, 4) is 16.9 Å². The molecule has 1 heterocycles. The highest BCUT2D eigenvalue weighted by Crippen LogP contribution is 2.29. The van der Waals surface area contributed by atoms with Crippen LogP contribution in [0, 0.1) is 0 Å². The van der Waals surface area contributed by atoms with Crippen LogP contribution in [-0.2, 0) is 0 Å². The molecule has 1 aromatic carbocycles. The summed E-state index contributed by atoms with van der Waals surface area (Å²) < 4.78 is 5.17. The monoisotopic (exact) mass is 230 g/mol. The Morgan fingerprint density at radius 3 is 2.59 bits per heavy atom. The van der Waals surface area contributed by atoms with Crippen LogP contribution in [0.15, 0.2) is 36.9 Å². The van der Waals surface area contributed by atoms with Gasteiger partial charge >= 0.3 is 5.97 Å². The molecule has 0 amide bonds. The number of carboxylic acids is 1. The first-order valence-electron chi connectivity index (χ1n) is 4.89. The Labute approximate surface area is 97.7 Å². The van der Waals surface area contributed by atoms with Crippen molar-refractivity contribution in [2.24, 2.45) is 0 Å². The van der Waals surface area contributed by atoms with Gasteiger partial charge in [-0.25, -0.2) is 14.8 Å². The zero-order valence-corrected chi connectivity index (χ0v) is 9.12. The second-order valence-corrected chi connectivity index (χ2v) is 3.35. The minimum Gasteiger partial charge on any atom is -0.496 e. The summed E-state index contributed by atoms with van der Waals surface area (Å²) in [5.74, 6) is -0.501. The quantitative estimate of drug-likeness (QED) is 0.871. The van der Waals surface area contributed by atoms with Gasteiger partial charge in [0, 0.05) is 23.5 Å². The summed E-state index contributed by atoms with van der Waals surface area (Å²) in [4.78, 5) is 18.7. The number of aromatic carboxylic acids is 1. The van der Waals surface area contributed by atoms with E-state index in [4.69, 9.17) is 9.84 Å². The van der Waals surface area contributed by atoms with E-state index in [2.05, 4.69) is 9.97 Å². The van der Waals surface area contributed by atoms with E-state index in [1.807, 2.05) is 0 Å². The van der Waals surface area contributed by atoms with Crippen molar-refractivity contribution in [2.75, 3.05) is 7.11 Å². The largest absolute Gasteiger partial charge is 0.496 e. The smallest absolute Gasteiger partial charge is 0.335 e. The van der Waals surface area contributed by atoms with Crippen molar-refractivity contribution in [1.29, 1.82) is 0 Å². The number of rotatable bonds is 3. The lowest BCUT2D eigenvalue weighted by Crippen LogP contribution is -1.98. The Balaban J connectivity index is 2.52. The Morgan fingerprint density at radius 1 is 1.29 bits per heavy atom. The second-order valence-electron chi connectivity index (χ2n) is 3.35. The van der Waals surface area contributed by atoms with Crippen molar-refractivity contribution in [2.45, 2.75) is 0 Å². The Hall–Kier alpha value is -2.43. The molecule has 17 heavy (non-hydrogen) atoms. The summed E-state index contributed by atoms with van der Waals surface area (Å²) in [6.45, 7) is 0. The Bertz CT molecular complexity index is 541. The summed E-state index contributed by atoms with van der Waals surface area (Å²) in [5, 5.41) is 8.89. The fourth-order valence-corrected chi connectivity index (χ4v) is 1.50. The third kappa shape index (κ3) is 2.23. The SMILES string of the molecule is COc1cc(C(=O)O)ccc1-c1cncnc1. The van der Waals surface area contributed by atoms with E-state index in [0.717, 1.165) is 11.1 Å². The van der Waals surface area contributed by atoms with Crippen molar-refractivity contribution in [1.82, 2.24) is 9.97 Å². The van der Waals surface area contributed by atoms with Gasteiger partial charge < -0.3 is 9.84 Å². The number of benzene rings is 1. The fraction of sp³-hybridized carbons (Fsp3) is 0.0833. The van der Waals surface area contributed by atoms with E-state index in [-0.39, 0.29) is 5.56 Å². The lowest BCUT2D eigenvalue weighted by molar-refractivity contribution is 0.0696. The average molecular weight is 230 g/mol. The molecule has 0 aliphatic rings. The maximum Gasteiger partial charge on any atom is 0.335 e. The van der Waals surface area contributed by atoms with Crippen LogP contribution < -0.4 is 4.74 Å². The highest BCUT2D eigenvalue weighted by atomic mass is 16.5. The highest BCUT2D eigenvalue weighted by molar-refractivity contribution is 5.89. The van der Waals surface area contributed by atoms with E-state index in [1.165, 1.54) is 25.6 Å². The highest BCUT2D eigenvalue weighted by Gasteiger charge is 2.10. The van der Waals surface area contributed by atoms with Gasteiger partial charge in [0.05, 0.1) is 12.7 Å². The van der Waals surface area contributed by atoms with Crippen LogP contribution >= 0.6 is 0 Å². The van der Waals surface area contributed by atoms with Gasteiger partial charge in [-0.05, 0) is 18.2 Å². The first-order valence-corrected chi connectivity index (χ1v) is 4.89. The number of nitrogens with zero attached hydrogens (tertiary/aromatic N) is 2. The van der Waals surface area contributed by atoms with Gasteiger partial charge in [0.15, 0.2) is 0 Å². The average Bonchev–Trinajstić information content (AvgIpc) is 2.39. The third-order valence-corrected chi connectivity index (χ3v) is 2.32. The number of ether oxygens (including phenoxy) is 1. The molecular formula is C12H10N2O3. The van der Waals surface area contributed by atoms with Crippen molar-refractivity contribution in [3.05, 3.63) is 42.5 Å². The maximum absolute atomic E-state index is 10.8. The van der Waals surface area contributed by atoms with Crippen LogP contribution in [0.3, 0.4) is 0 Å². The summed E-state index contributed by atoms with van der Waals surface area (Å²) in [6.07, 6.45) is 4.72. The molecule has 2 aromatic rings. The van der Waals surface area contributed by atoms with Gasteiger partial charge in [-0.15, -0.1) is 0 Å². The first kappa shape index (κ1) is 11.1. The number of aromatic nitrogens is 2. The van der Waals surface area contributed by atoms with Crippen molar-refractivity contribution >= 4 is 5.97 Å². The van der Waals surface area contributed by atoms with Crippen LogP contribution in [0.5, 0.6) is 5.75 Å². The molecule has 0 bridgehead atoms. The van der Waals surface area contributed by atoms with Crippen molar-refractivity contribution < 1.29 is 14.6 Å². The first-order chi connectivity index (χ1) is 8.22. The molecular weight excluding hydrogens is 220 g/mol.